The number of nitrogens with zero attached hydrogens (tertiary/aromatic N) is 2. The van der Waals surface area contributed by atoms with E-state index in [1.807, 2.05) is 34.7 Å². The second kappa shape index (κ2) is 4.27. The lowest BCUT2D eigenvalue weighted by molar-refractivity contribution is 0.112. The Hall–Kier alpha value is -2.13. The monoisotopic (exact) mass is 256 g/mol. The third-order valence-electron chi connectivity index (χ3n) is 2.77. The minimum absolute atomic E-state index is 0.615. The number of aromatic nitrogens is 2. The Bertz CT molecular complexity index is 733. The van der Waals surface area contributed by atoms with Crippen LogP contribution in [0.2, 0.25) is 5.02 Å². The van der Waals surface area contributed by atoms with Gasteiger partial charge in [-0.1, -0.05) is 23.7 Å². The maximum absolute atomic E-state index is 10.8. The molecule has 0 atom stereocenters. The standard InChI is InChI=1S/C14H9ClN2O/c15-12-3-1-2-11(6-12)14-16-7-13-5-4-10(9-18)8-17(13)14/h1-9H. The lowest BCUT2D eigenvalue weighted by Gasteiger charge is -2.02. The predicted molar refractivity (Wildman–Crippen MR) is 71.0 cm³/mol. The fourth-order valence-electron chi connectivity index (χ4n) is 1.92. The number of rotatable bonds is 2. The van der Waals surface area contributed by atoms with Gasteiger partial charge in [0.2, 0.25) is 0 Å². The number of halogens is 1. The Morgan fingerprint density at radius 1 is 1.22 bits per heavy atom. The topological polar surface area (TPSA) is 34.4 Å². The van der Waals surface area contributed by atoms with Crippen molar-refractivity contribution < 1.29 is 4.79 Å². The van der Waals surface area contributed by atoms with Crippen LogP contribution < -0.4 is 0 Å². The fraction of sp³-hybridized carbons (Fsp3) is 0. The van der Waals surface area contributed by atoms with Gasteiger partial charge < -0.3 is 0 Å². The summed E-state index contributed by atoms with van der Waals surface area (Å²) in [7, 11) is 0. The largest absolute Gasteiger partial charge is 0.299 e. The summed E-state index contributed by atoms with van der Waals surface area (Å²) in [5.41, 5.74) is 2.48. The molecule has 0 bridgehead atoms. The molecule has 0 spiro atoms. The molecule has 4 heteroatoms. The number of aldehydes is 1. The van der Waals surface area contributed by atoms with E-state index in [4.69, 9.17) is 11.6 Å². The molecule has 0 saturated heterocycles. The first-order valence-corrected chi connectivity index (χ1v) is 5.84. The van der Waals surface area contributed by atoms with Crippen LogP contribution in [-0.2, 0) is 0 Å². The summed E-state index contributed by atoms with van der Waals surface area (Å²) in [6.45, 7) is 0. The molecular weight excluding hydrogens is 248 g/mol. The molecule has 2 heterocycles. The average Bonchev–Trinajstić information content (AvgIpc) is 2.81. The number of carbonyl (C=O) groups is 1. The van der Waals surface area contributed by atoms with E-state index in [0.29, 0.717) is 10.6 Å². The number of carbonyl (C=O) groups excluding carboxylic acids is 1. The van der Waals surface area contributed by atoms with Crippen LogP contribution in [0.4, 0.5) is 0 Å². The predicted octanol–water partition coefficient (Wildman–Crippen LogP) is 3.47. The molecule has 18 heavy (non-hydrogen) atoms. The first-order valence-electron chi connectivity index (χ1n) is 5.46. The maximum Gasteiger partial charge on any atom is 0.151 e. The van der Waals surface area contributed by atoms with Gasteiger partial charge in [0, 0.05) is 22.3 Å². The molecule has 0 radical (unpaired) electrons. The van der Waals surface area contributed by atoms with Gasteiger partial charge >= 0.3 is 0 Å². The number of hydrogen-bond donors (Lipinski definition) is 0. The average molecular weight is 257 g/mol. The van der Waals surface area contributed by atoms with E-state index in [-0.39, 0.29) is 0 Å². The molecule has 0 saturated carbocycles. The van der Waals surface area contributed by atoms with E-state index < -0.39 is 0 Å². The van der Waals surface area contributed by atoms with Crippen molar-refractivity contribution in [3.8, 4) is 11.4 Å². The highest BCUT2D eigenvalue weighted by atomic mass is 35.5. The van der Waals surface area contributed by atoms with Crippen LogP contribution in [0.1, 0.15) is 10.4 Å². The zero-order valence-corrected chi connectivity index (χ0v) is 10.1. The van der Waals surface area contributed by atoms with Gasteiger partial charge in [0.25, 0.3) is 0 Å². The molecule has 2 aromatic heterocycles. The number of imidazole rings is 1. The third kappa shape index (κ3) is 1.79. The van der Waals surface area contributed by atoms with Gasteiger partial charge in [0.05, 0.1) is 11.7 Å². The van der Waals surface area contributed by atoms with Crippen molar-refractivity contribution in [2.24, 2.45) is 0 Å². The van der Waals surface area contributed by atoms with Crippen LogP contribution >= 0.6 is 11.6 Å². The highest BCUT2D eigenvalue weighted by Gasteiger charge is 2.07. The van der Waals surface area contributed by atoms with E-state index in [9.17, 15) is 4.79 Å². The summed E-state index contributed by atoms with van der Waals surface area (Å²) in [6.07, 6.45) is 4.36. The molecule has 0 amide bonds. The number of pyridine rings is 1. The molecule has 0 N–H and O–H groups in total. The summed E-state index contributed by atoms with van der Waals surface area (Å²) in [5.74, 6) is 0.774. The molecule has 0 aliphatic carbocycles. The fourth-order valence-corrected chi connectivity index (χ4v) is 2.11. The van der Waals surface area contributed by atoms with Crippen molar-refractivity contribution in [2.45, 2.75) is 0 Å². The van der Waals surface area contributed by atoms with E-state index >= 15 is 0 Å². The van der Waals surface area contributed by atoms with E-state index in [2.05, 4.69) is 4.98 Å². The highest BCUT2D eigenvalue weighted by molar-refractivity contribution is 6.30. The van der Waals surface area contributed by atoms with Crippen molar-refractivity contribution in [1.29, 1.82) is 0 Å². The molecular formula is C14H9ClN2O. The molecule has 0 aliphatic heterocycles. The molecule has 3 nitrogen and oxygen atoms in total. The minimum Gasteiger partial charge on any atom is -0.299 e. The van der Waals surface area contributed by atoms with Crippen molar-refractivity contribution >= 4 is 23.4 Å². The van der Waals surface area contributed by atoms with Crippen LogP contribution in [0.15, 0.2) is 48.8 Å². The summed E-state index contributed by atoms with van der Waals surface area (Å²) in [5, 5.41) is 0.663. The van der Waals surface area contributed by atoms with Crippen LogP contribution in [0, 0.1) is 0 Å². The van der Waals surface area contributed by atoms with Gasteiger partial charge in [-0.2, -0.15) is 0 Å². The molecule has 88 valence electrons. The summed E-state index contributed by atoms with van der Waals surface area (Å²) in [4.78, 5) is 15.2. The highest BCUT2D eigenvalue weighted by Crippen LogP contribution is 2.22. The number of fused-ring (bicyclic) bond motifs is 1. The molecule has 0 fully saturated rings. The Morgan fingerprint density at radius 3 is 2.89 bits per heavy atom. The smallest absolute Gasteiger partial charge is 0.151 e. The van der Waals surface area contributed by atoms with Gasteiger partial charge in [-0.3, -0.25) is 9.20 Å². The Labute approximate surface area is 109 Å². The summed E-state index contributed by atoms with van der Waals surface area (Å²) >= 11 is 5.98. The Balaban J connectivity index is 2.26. The second-order valence-electron chi connectivity index (χ2n) is 3.97. The SMILES string of the molecule is O=Cc1ccc2cnc(-c3cccc(Cl)c3)n2c1. The summed E-state index contributed by atoms with van der Waals surface area (Å²) < 4.78 is 1.88. The lowest BCUT2D eigenvalue weighted by atomic mass is 10.2. The van der Waals surface area contributed by atoms with E-state index in [1.165, 1.54) is 0 Å². The number of benzene rings is 1. The lowest BCUT2D eigenvalue weighted by Crippen LogP contribution is -1.91. The zero-order valence-electron chi connectivity index (χ0n) is 9.38. The number of hydrogen-bond acceptors (Lipinski definition) is 2. The van der Waals surface area contributed by atoms with Crippen molar-refractivity contribution in [2.75, 3.05) is 0 Å². The van der Waals surface area contributed by atoms with Gasteiger partial charge in [0.1, 0.15) is 5.82 Å². The molecule has 3 rings (SSSR count). The molecule has 3 aromatic rings. The van der Waals surface area contributed by atoms with E-state index in [0.717, 1.165) is 23.2 Å². The first-order chi connectivity index (χ1) is 8.78. The van der Waals surface area contributed by atoms with Crippen LogP contribution in [0.25, 0.3) is 16.9 Å². The Morgan fingerprint density at radius 2 is 2.11 bits per heavy atom. The minimum atomic E-state index is 0.615. The van der Waals surface area contributed by atoms with Crippen LogP contribution in [-0.4, -0.2) is 15.7 Å². The molecule has 0 aliphatic rings. The molecule has 0 unspecified atom stereocenters. The maximum atomic E-state index is 10.8. The van der Waals surface area contributed by atoms with Crippen molar-refractivity contribution in [3.05, 3.63) is 59.4 Å². The van der Waals surface area contributed by atoms with Crippen LogP contribution in [0.5, 0.6) is 0 Å². The Kier molecular flexibility index (Phi) is 2.61. The van der Waals surface area contributed by atoms with Gasteiger partial charge in [-0.25, -0.2) is 4.98 Å². The van der Waals surface area contributed by atoms with Crippen LogP contribution in [0.3, 0.4) is 0 Å². The third-order valence-corrected chi connectivity index (χ3v) is 3.00. The molecule has 1 aromatic carbocycles. The normalized spacial score (nSPS) is 10.7. The van der Waals surface area contributed by atoms with Crippen molar-refractivity contribution in [1.82, 2.24) is 9.38 Å². The first kappa shape index (κ1) is 11.0. The quantitative estimate of drug-likeness (QED) is 0.658. The van der Waals surface area contributed by atoms with Gasteiger partial charge in [0.15, 0.2) is 6.29 Å². The van der Waals surface area contributed by atoms with Gasteiger partial charge in [-0.05, 0) is 24.3 Å². The second-order valence-corrected chi connectivity index (χ2v) is 4.40. The van der Waals surface area contributed by atoms with Crippen molar-refractivity contribution in [3.63, 3.8) is 0 Å². The summed E-state index contributed by atoms with van der Waals surface area (Å²) in [6, 6.07) is 11.1. The van der Waals surface area contributed by atoms with E-state index in [1.54, 1.807) is 18.5 Å². The zero-order chi connectivity index (χ0) is 12.5. The van der Waals surface area contributed by atoms with Gasteiger partial charge in [-0.15, -0.1) is 0 Å².